The lowest BCUT2D eigenvalue weighted by atomic mass is 10.0. The predicted molar refractivity (Wildman–Crippen MR) is 60.9 cm³/mol. The molecule has 0 aliphatic carbocycles. The van der Waals surface area contributed by atoms with Gasteiger partial charge in [-0.3, -0.25) is 0 Å². The zero-order valence-electron chi connectivity index (χ0n) is 9.20. The lowest BCUT2D eigenvalue weighted by Crippen LogP contribution is -1.81. The van der Waals surface area contributed by atoms with Crippen molar-refractivity contribution < 1.29 is 0 Å². The van der Waals surface area contributed by atoms with Gasteiger partial charge in [-0.2, -0.15) is 10.2 Å². The van der Waals surface area contributed by atoms with Gasteiger partial charge in [-0.15, -0.1) is 0 Å². The van der Waals surface area contributed by atoms with Crippen LogP contribution in [0.25, 0.3) is 5.57 Å². The zero-order valence-corrected chi connectivity index (χ0v) is 9.20. The molecular weight excluding hydrogens is 172 g/mol. The molecule has 0 spiro atoms. The number of aryl methyl sites for hydroxylation is 1. The fourth-order valence-corrected chi connectivity index (χ4v) is 1.29. The molecule has 0 atom stereocenters. The Labute approximate surface area is 85.4 Å². The van der Waals surface area contributed by atoms with Crippen molar-refractivity contribution in [2.24, 2.45) is 10.2 Å². The van der Waals surface area contributed by atoms with Gasteiger partial charge in [-0.1, -0.05) is 12.1 Å². The molecule has 0 saturated heterocycles. The van der Waals surface area contributed by atoms with Crippen LogP contribution in [0, 0.1) is 6.92 Å². The van der Waals surface area contributed by atoms with Gasteiger partial charge in [0.1, 0.15) is 0 Å². The van der Waals surface area contributed by atoms with Crippen LogP contribution in [0.15, 0.2) is 34.5 Å². The van der Waals surface area contributed by atoms with Crippen LogP contribution in [-0.2, 0) is 0 Å². The molecule has 0 aliphatic heterocycles. The molecule has 74 valence electrons. The Morgan fingerprint density at radius 3 is 2.57 bits per heavy atom. The minimum atomic E-state index is 0.945. The first-order chi connectivity index (χ1) is 6.69. The van der Waals surface area contributed by atoms with Crippen molar-refractivity contribution >= 4 is 11.3 Å². The summed E-state index contributed by atoms with van der Waals surface area (Å²) in [6.07, 6.45) is 2.11. The van der Waals surface area contributed by atoms with Crippen molar-refractivity contribution in [3.8, 4) is 0 Å². The van der Waals surface area contributed by atoms with Crippen molar-refractivity contribution in [1.82, 2.24) is 0 Å². The summed E-state index contributed by atoms with van der Waals surface area (Å²) in [5.74, 6) is 0. The van der Waals surface area contributed by atoms with Gasteiger partial charge >= 0.3 is 0 Å². The summed E-state index contributed by atoms with van der Waals surface area (Å²) in [7, 11) is 1.69. The molecule has 1 rings (SSSR count). The number of hydrogen-bond acceptors (Lipinski definition) is 2. The number of allylic oxidation sites excluding steroid dienone is 2. The highest BCUT2D eigenvalue weighted by molar-refractivity contribution is 5.66. The smallest absolute Gasteiger partial charge is 0.0881 e. The molecule has 2 nitrogen and oxygen atoms in total. The minimum Gasteiger partial charge on any atom is -0.192 e. The van der Waals surface area contributed by atoms with E-state index in [0.29, 0.717) is 0 Å². The highest BCUT2D eigenvalue weighted by Gasteiger charge is 1.99. The quantitative estimate of drug-likeness (QED) is 0.623. The van der Waals surface area contributed by atoms with Crippen LogP contribution in [0.5, 0.6) is 0 Å². The van der Waals surface area contributed by atoms with E-state index in [9.17, 15) is 0 Å². The van der Waals surface area contributed by atoms with E-state index in [1.165, 1.54) is 11.1 Å². The summed E-state index contributed by atoms with van der Waals surface area (Å²) in [6, 6.07) is 6.22. The van der Waals surface area contributed by atoms with Crippen LogP contribution < -0.4 is 0 Å². The lowest BCUT2D eigenvalue weighted by molar-refractivity contribution is 1.15. The largest absolute Gasteiger partial charge is 0.192 e. The van der Waals surface area contributed by atoms with Crippen LogP contribution >= 0.6 is 0 Å². The summed E-state index contributed by atoms with van der Waals surface area (Å²) in [5.41, 5.74) is 4.64. The first-order valence-corrected chi connectivity index (χ1v) is 4.72. The fourth-order valence-electron chi connectivity index (χ4n) is 1.29. The molecular formula is C12H16N2. The third-order valence-corrected chi connectivity index (χ3v) is 2.29. The lowest BCUT2D eigenvalue weighted by Gasteiger charge is -2.04. The fraction of sp³-hybridized carbons (Fsp3) is 0.333. The first-order valence-electron chi connectivity index (χ1n) is 4.72. The summed E-state index contributed by atoms with van der Waals surface area (Å²) in [5, 5.41) is 7.81. The van der Waals surface area contributed by atoms with Crippen molar-refractivity contribution in [2.45, 2.75) is 20.8 Å². The highest BCUT2D eigenvalue weighted by atomic mass is 15.1. The van der Waals surface area contributed by atoms with Gasteiger partial charge < -0.3 is 0 Å². The van der Waals surface area contributed by atoms with Gasteiger partial charge in [0.25, 0.3) is 0 Å². The molecule has 0 aromatic heterocycles. The Bertz CT molecular complexity index is 376. The van der Waals surface area contributed by atoms with E-state index < -0.39 is 0 Å². The van der Waals surface area contributed by atoms with E-state index in [2.05, 4.69) is 42.3 Å². The molecule has 0 heterocycles. The van der Waals surface area contributed by atoms with Crippen molar-refractivity contribution in [3.63, 3.8) is 0 Å². The Hall–Kier alpha value is -1.44. The van der Waals surface area contributed by atoms with Gasteiger partial charge in [0.15, 0.2) is 0 Å². The van der Waals surface area contributed by atoms with E-state index in [4.69, 9.17) is 0 Å². The number of hydrogen-bond donors (Lipinski definition) is 0. The molecule has 0 aliphatic rings. The van der Waals surface area contributed by atoms with Crippen LogP contribution in [0.3, 0.4) is 0 Å². The molecule has 0 N–H and O–H groups in total. The van der Waals surface area contributed by atoms with Crippen LogP contribution in [-0.4, -0.2) is 7.05 Å². The normalized spacial score (nSPS) is 12.4. The second kappa shape index (κ2) is 4.70. The molecule has 1 aromatic rings. The molecule has 1 aromatic carbocycles. The maximum Gasteiger partial charge on any atom is 0.0881 e. The van der Waals surface area contributed by atoms with Gasteiger partial charge in [0, 0.05) is 7.05 Å². The Kier molecular flexibility index (Phi) is 3.57. The molecule has 0 bridgehead atoms. The highest BCUT2D eigenvalue weighted by Crippen LogP contribution is 2.23. The second-order valence-corrected chi connectivity index (χ2v) is 3.27. The first kappa shape index (κ1) is 10.6. The summed E-state index contributed by atoms with van der Waals surface area (Å²) >= 11 is 0. The number of benzene rings is 1. The second-order valence-electron chi connectivity index (χ2n) is 3.27. The van der Waals surface area contributed by atoms with Crippen LogP contribution in [0.4, 0.5) is 5.69 Å². The average molecular weight is 188 g/mol. The Morgan fingerprint density at radius 1 is 1.36 bits per heavy atom. The Balaban J connectivity index is 3.12. The minimum absolute atomic E-state index is 0.945. The van der Waals surface area contributed by atoms with E-state index in [0.717, 1.165) is 11.3 Å². The summed E-state index contributed by atoms with van der Waals surface area (Å²) < 4.78 is 0. The van der Waals surface area contributed by atoms with E-state index in [-0.39, 0.29) is 0 Å². The summed E-state index contributed by atoms with van der Waals surface area (Å²) in [4.78, 5) is 0. The third-order valence-electron chi connectivity index (χ3n) is 2.29. The average Bonchev–Trinajstić information content (AvgIpc) is 2.20. The Morgan fingerprint density at radius 2 is 2.07 bits per heavy atom. The molecule has 0 radical (unpaired) electrons. The maximum atomic E-state index is 4.04. The maximum absolute atomic E-state index is 4.04. The topological polar surface area (TPSA) is 24.7 Å². The zero-order chi connectivity index (χ0) is 10.6. The molecule has 0 saturated carbocycles. The molecule has 0 amide bonds. The van der Waals surface area contributed by atoms with E-state index in [1.54, 1.807) is 7.05 Å². The number of azo groups is 1. The van der Waals surface area contributed by atoms with Crippen molar-refractivity contribution in [2.75, 3.05) is 7.05 Å². The SMILES string of the molecule is C/C=C(\C)c1ccc(N=NC)c(C)c1. The summed E-state index contributed by atoms with van der Waals surface area (Å²) in [6.45, 7) is 6.20. The van der Waals surface area contributed by atoms with E-state index in [1.807, 2.05) is 13.0 Å². The van der Waals surface area contributed by atoms with Crippen molar-refractivity contribution in [3.05, 3.63) is 35.4 Å². The molecule has 0 fully saturated rings. The van der Waals surface area contributed by atoms with Crippen molar-refractivity contribution in [1.29, 1.82) is 0 Å². The standard InChI is InChI=1S/C12H16N2/c1-5-9(2)11-6-7-12(14-13-4)10(3)8-11/h5-8H,1-4H3/b9-5+,14-13?. The van der Waals surface area contributed by atoms with Gasteiger partial charge in [-0.05, 0) is 49.6 Å². The van der Waals surface area contributed by atoms with Crippen LogP contribution in [0.2, 0.25) is 0 Å². The van der Waals surface area contributed by atoms with Gasteiger partial charge in [-0.25, -0.2) is 0 Å². The number of nitrogens with zero attached hydrogens (tertiary/aromatic N) is 2. The molecule has 2 heteroatoms. The number of rotatable bonds is 2. The molecule has 0 unspecified atom stereocenters. The van der Waals surface area contributed by atoms with Gasteiger partial charge in [0.2, 0.25) is 0 Å². The van der Waals surface area contributed by atoms with Crippen LogP contribution in [0.1, 0.15) is 25.0 Å². The monoisotopic (exact) mass is 188 g/mol. The predicted octanol–water partition coefficient (Wildman–Crippen LogP) is 4.13. The van der Waals surface area contributed by atoms with E-state index >= 15 is 0 Å². The third kappa shape index (κ3) is 2.28. The molecule has 14 heavy (non-hydrogen) atoms. The van der Waals surface area contributed by atoms with Gasteiger partial charge in [0.05, 0.1) is 5.69 Å².